The first kappa shape index (κ1) is 22.5. The maximum atomic E-state index is 13.6. The number of carbonyl (C=O) groups excluding carboxylic acids is 1. The van der Waals surface area contributed by atoms with Crippen LogP contribution in [0.4, 0.5) is 0 Å². The number of carbonyl (C=O) groups is 1. The van der Waals surface area contributed by atoms with E-state index in [1.165, 1.54) is 11.3 Å². The van der Waals surface area contributed by atoms with Gasteiger partial charge in [-0.25, -0.2) is 9.79 Å². The van der Waals surface area contributed by atoms with Gasteiger partial charge in [0.2, 0.25) is 6.79 Å². The van der Waals surface area contributed by atoms with Crippen molar-refractivity contribution in [1.82, 2.24) is 4.57 Å². The van der Waals surface area contributed by atoms with Crippen molar-refractivity contribution in [3.63, 3.8) is 0 Å². The van der Waals surface area contributed by atoms with Gasteiger partial charge in [-0.2, -0.15) is 0 Å². The Morgan fingerprint density at radius 1 is 1.24 bits per heavy atom. The van der Waals surface area contributed by atoms with Gasteiger partial charge in [0.05, 0.1) is 28.5 Å². The Hall–Kier alpha value is -3.30. The van der Waals surface area contributed by atoms with Crippen LogP contribution in [-0.4, -0.2) is 30.2 Å². The van der Waals surface area contributed by atoms with Crippen molar-refractivity contribution >= 4 is 35.1 Å². The van der Waals surface area contributed by atoms with E-state index in [0.717, 1.165) is 16.0 Å². The van der Waals surface area contributed by atoms with Gasteiger partial charge in [0.1, 0.15) is 0 Å². The summed E-state index contributed by atoms with van der Waals surface area (Å²) in [5.74, 6) is 0.864. The first-order valence-electron chi connectivity index (χ1n) is 10.7. The molecule has 2 aromatic carbocycles. The van der Waals surface area contributed by atoms with Gasteiger partial charge in [0.15, 0.2) is 16.3 Å². The normalized spacial score (nSPS) is 16.9. The summed E-state index contributed by atoms with van der Waals surface area (Å²) in [5.41, 5.74) is 2.35. The second-order valence-corrected chi connectivity index (χ2v) is 9.58. The van der Waals surface area contributed by atoms with Gasteiger partial charge in [-0.3, -0.25) is 9.36 Å². The number of hydrogen-bond donors (Lipinski definition) is 0. The molecule has 0 spiro atoms. The largest absolute Gasteiger partial charge is 0.463 e. The number of rotatable bonds is 5. The second kappa shape index (κ2) is 9.15. The molecule has 2 aliphatic rings. The van der Waals surface area contributed by atoms with E-state index < -0.39 is 12.0 Å². The van der Waals surface area contributed by atoms with Gasteiger partial charge in [-0.05, 0) is 61.6 Å². The quantitative estimate of drug-likeness (QED) is 0.400. The van der Waals surface area contributed by atoms with E-state index in [1.807, 2.05) is 54.8 Å². The van der Waals surface area contributed by atoms with Crippen LogP contribution in [0.3, 0.4) is 0 Å². The lowest BCUT2D eigenvalue weighted by molar-refractivity contribution is -0.139. The van der Waals surface area contributed by atoms with Crippen molar-refractivity contribution in [3.8, 4) is 11.5 Å². The fraction of sp³-hybridized carbons (Fsp3) is 0.240. The molecule has 34 heavy (non-hydrogen) atoms. The van der Waals surface area contributed by atoms with E-state index in [1.54, 1.807) is 30.2 Å². The summed E-state index contributed by atoms with van der Waals surface area (Å²) in [6, 6.07) is 12.8. The molecule has 7 nitrogen and oxygen atoms in total. The third kappa shape index (κ3) is 3.95. The minimum absolute atomic E-state index is 0.187. The molecule has 0 aliphatic carbocycles. The fourth-order valence-corrected chi connectivity index (χ4v) is 5.50. The number of esters is 1. The van der Waals surface area contributed by atoms with Crippen LogP contribution in [0.1, 0.15) is 31.0 Å². The highest BCUT2D eigenvalue weighted by atomic mass is 32.2. The Morgan fingerprint density at radius 2 is 2.00 bits per heavy atom. The minimum Gasteiger partial charge on any atom is -0.463 e. The van der Waals surface area contributed by atoms with Crippen LogP contribution >= 0.6 is 23.1 Å². The fourth-order valence-electron chi connectivity index (χ4n) is 4.05. The first-order valence-corrected chi connectivity index (χ1v) is 12.8. The predicted octanol–water partition coefficient (Wildman–Crippen LogP) is 3.25. The Bertz CT molecular complexity index is 1480. The predicted molar refractivity (Wildman–Crippen MR) is 131 cm³/mol. The number of benzene rings is 2. The van der Waals surface area contributed by atoms with Gasteiger partial charge in [-0.1, -0.05) is 29.5 Å². The molecule has 1 aromatic heterocycles. The van der Waals surface area contributed by atoms with Gasteiger partial charge in [-0.15, -0.1) is 11.8 Å². The number of allylic oxidation sites excluding steroid dienone is 1. The molecule has 0 fully saturated rings. The first-order chi connectivity index (χ1) is 16.5. The Kier molecular flexibility index (Phi) is 6.05. The summed E-state index contributed by atoms with van der Waals surface area (Å²) in [6.45, 7) is 3.97. The Labute approximate surface area is 204 Å². The standard InChI is InChI=1S/C25H22N2O5S2/c1-4-30-24(29)21-14(2)26-25-27(22(21)16-6-8-17(33-3)9-7-16)23(28)20(34-25)12-15-5-10-18-19(11-15)32-13-31-18/h5-12,22H,4,13H2,1-3H3/b20-12-/t22-/m1/s1. The summed E-state index contributed by atoms with van der Waals surface area (Å²) in [6.07, 6.45) is 3.81. The third-order valence-corrected chi connectivity index (χ3v) is 7.37. The molecule has 1 atom stereocenters. The average molecular weight is 495 g/mol. The van der Waals surface area contributed by atoms with Gasteiger partial charge in [0.25, 0.3) is 5.56 Å². The lowest BCUT2D eigenvalue weighted by atomic mass is 9.96. The average Bonchev–Trinajstić information content (AvgIpc) is 3.42. The molecule has 5 rings (SSSR count). The van der Waals surface area contributed by atoms with E-state index in [9.17, 15) is 9.59 Å². The Morgan fingerprint density at radius 3 is 2.74 bits per heavy atom. The van der Waals surface area contributed by atoms with E-state index in [-0.39, 0.29) is 19.0 Å². The summed E-state index contributed by atoms with van der Waals surface area (Å²) < 4.78 is 18.3. The van der Waals surface area contributed by atoms with E-state index in [4.69, 9.17) is 14.2 Å². The molecule has 174 valence electrons. The van der Waals surface area contributed by atoms with Crippen molar-refractivity contribution in [2.45, 2.75) is 24.8 Å². The number of aromatic nitrogens is 1. The molecule has 2 aliphatic heterocycles. The summed E-state index contributed by atoms with van der Waals surface area (Å²) in [5, 5.41) is 0. The topological polar surface area (TPSA) is 79.1 Å². The number of nitrogens with zero attached hydrogens (tertiary/aromatic N) is 2. The molecule has 0 N–H and O–H groups in total. The highest BCUT2D eigenvalue weighted by Crippen LogP contribution is 2.33. The van der Waals surface area contributed by atoms with Crippen LogP contribution in [0, 0.1) is 0 Å². The molecule has 0 saturated carbocycles. The lowest BCUT2D eigenvalue weighted by Crippen LogP contribution is -2.39. The number of fused-ring (bicyclic) bond motifs is 2. The molecule has 3 heterocycles. The Balaban J connectivity index is 1.68. The van der Waals surface area contributed by atoms with E-state index in [2.05, 4.69) is 4.99 Å². The van der Waals surface area contributed by atoms with Crippen molar-refractivity contribution < 1.29 is 19.0 Å². The molecule has 0 unspecified atom stereocenters. The van der Waals surface area contributed by atoms with Crippen molar-refractivity contribution in [1.29, 1.82) is 0 Å². The zero-order chi connectivity index (χ0) is 23.8. The number of hydrogen-bond acceptors (Lipinski definition) is 8. The van der Waals surface area contributed by atoms with Crippen LogP contribution < -0.4 is 24.4 Å². The van der Waals surface area contributed by atoms with Crippen LogP contribution in [-0.2, 0) is 9.53 Å². The van der Waals surface area contributed by atoms with Crippen molar-refractivity contribution in [2.24, 2.45) is 4.99 Å². The van der Waals surface area contributed by atoms with Crippen LogP contribution in [0.2, 0.25) is 0 Å². The molecular weight excluding hydrogens is 472 g/mol. The molecule has 0 saturated heterocycles. The number of ether oxygens (including phenoxy) is 3. The van der Waals surface area contributed by atoms with Crippen molar-refractivity contribution in [3.05, 3.63) is 84.5 Å². The molecule has 9 heteroatoms. The molecule has 3 aromatic rings. The smallest absolute Gasteiger partial charge is 0.338 e. The van der Waals surface area contributed by atoms with E-state index >= 15 is 0 Å². The minimum atomic E-state index is -0.620. The van der Waals surface area contributed by atoms with Crippen LogP contribution in [0.15, 0.2) is 68.4 Å². The zero-order valence-corrected chi connectivity index (χ0v) is 20.5. The summed E-state index contributed by atoms with van der Waals surface area (Å²) in [4.78, 5) is 32.8. The monoisotopic (exact) mass is 494 g/mol. The van der Waals surface area contributed by atoms with Crippen molar-refractivity contribution in [2.75, 3.05) is 19.7 Å². The van der Waals surface area contributed by atoms with Crippen LogP contribution in [0.5, 0.6) is 11.5 Å². The lowest BCUT2D eigenvalue weighted by Gasteiger charge is -2.24. The van der Waals surface area contributed by atoms with Gasteiger partial charge < -0.3 is 14.2 Å². The van der Waals surface area contributed by atoms with E-state index in [0.29, 0.717) is 32.1 Å². The highest BCUT2D eigenvalue weighted by molar-refractivity contribution is 7.98. The summed E-state index contributed by atoms with van der Waals surface area (Å²) >= 11 is 2.92. The van der Waals surface area contributed by atoms with Gasteiger partial charge >= 0.3 is 5.97 Å². The maximum Gasteiger partial charge on any atom is 0.338 e. The highest BCUT2D eigenvalue weighted by Gasteiger charge is 2.33. The molecule has 0 bridgehead atoms. The molecule has 0 radical (unpaired) electrons. The third-order valence-electron chi connectivity index (χ3n) is 5.64. The second-order valence-electron chi connectivity index (χ2n) is 7.69. The summed E-state index contributed by atoms with van der Waals surface area (Å²) in [7, 11) is 0. The number of thioether (sulfide) groups is 1. The molecular formula is C25H22N2O5S2. The zero-order valence-electron chi connectivity index (χ0n) is 18.9. The van der Waals surface area contributed by atoms with Crippen LogP contribution in [0.25, 0.3) is 6.08 Å². The SMILES string of the molecule is CCOC(=O)C1=C(C)N=c2s/c(=C\c3ccc4c(c3)OCO4)c(=O)n2[C@@H]1c1ccc(SC)cc1. The molecule has 0 amide bonds. The van der Waals surface area contributed by atoms with Gasteiger partial charge in [0, 0.05) is 4.90 Å². The number of thiazole rings is 1. The maximum absolute atomic E-state index is 13.6.